The maximum absolute atomic E-state index is 13.5. The normalized spacial score (nSPS) is 15.9. The van der Waals surface area contributed by atoms with E-state index in [1.807, 2.05) is 23.6 Å². The zero-order chi connectivity index (χ0) is 22.8. The summed E-state index contributed by atoms with van der Waals surface area (Å²) in [5.41, 5.74) is 1.24. The first-order chi connectivity index (χ1) is 15.5. The third kappa shape index (κ3) is 3.89. The molecule has 0 saturated carbocycles. The van der Waals surface area contributed by atoms with Crippen molar-refractivity contribution >= 4 is 34.7 Å². The van der Waals surface area contributed by atoms with E-state index in [1.165, 1.54) is 11.3 Å². The Kier molecular flexibility index (Phi) is 6.29. The third-order valence-electron chi connectivity index (χ3n) is 5.07. The van der Waals surface area contributed by atoms with Gasteiger partial charge in [-0.1, -0.05) is 17.4 Å². The smallest absolute Gasteiger partial charge is 0.338 e. The summed E-state index contributed by atoms with van der Waals surface area (Å²) in [7, 11) is 3.11. The molecule has 1 aliphatic rings. The van der Waals surface area contributed by atoms with E-state index in [0.29, 0.717) is 37.7 Å². The number of thiophene rings is 1. The molecule has 0 amide bonds. The predicted molar refractivity (Wildman–Crippen MR) is 124 cm³/mol. The Morgan fingerprint density at radius 1 is 1.25 bits per heavy atom. The van der Waals surface area contributed by atoms with Gasteiger partial charge in [-0.2, -0.15) is 0 Å². The molecular weight excluding hydrogens is 448 g/mol. The van der Waals surface area contributed by atoms with E-state index in [4.69, 9.17) is 14.2 Å². The van der Waals surface area contributed by atoms with Gasteiger partial charge in [-0.25, -0.2) is 9.79 Å². The average Bonchev–Trinajstić information content (AvgIpc) is 3.40. The van der Waals surface area contributed by atoms with Crippen LogP contribution < -0.4 is 24.4 Å². The molecule has 1 atom stereocenters. The fourth-order valence-corrected chi connectivity index (χ4v) is 5.40. The molecule has 4 rings (SSSR count). The summed E-state index contributed by atoms with van der Waals surface area (Å²) in [6.45, 7) is 3.71. The molecule has 166 valence electrons. The highest BCUT2D eigenvalue weighted by molar-refractivity contribution is 7.11. The molecule has 3 aromatic rings. The Bertz CT molecular complexity index is 1370. The summed E-state index contributed by atoms with van der Waals surface area (Å²) < 4.78 is 18.3. The lowest BCUT2D eigenvalue weighted by Gasteiger charge is -2.26. The molecule has 1 aromatic carbocycles. The molecule has 9 heteroatoms. The number of carbonyl (C=O) groups is 1. The van der Waals surface area contributed by atoms with Crippen molar-refractivity contribution in [2.24, 2.45) is 4.99 Å². The van der Waals surface area contributed by atoms with E-state index in [1.54, 1.807) is 62.2 Å². The molecule has 0 N–H and O–H groups in total. The number of carbonyl (C=O) groups excluding carboxylic acids is 1. The van der Waals surface area contributed by atoms with Crippen molar-refractivity contribution in [1.29, 1.82) is 0 Å². The molecule has 0 radical (unpaired) electrons. The Hall–Kier alpha value is -3.17. The van der Waals surface area contributed by atoms with Crippen LogP contribution in [0, 0.1) is 0 Å². The molecule has 3 heterocycles. The van der Waals surface area contributed by atoms with E-state index in [-0.39, 0.29) is 12.2 Å². The van der Waals surface area contributed by atoms with Crippen LogP contribution in [-0.2, 0) is 9.53 Å². The standard InChI is InChI=1S/C23H22N2O5S2/c1-5-30-22(27)19-13(2)24-23-25(21(26)18(32-23)12-15-7-6-10-31-15)20(19)16-9-8-14(28-3)11-17(16)29-4/h6-12,20H,5H2,1-4H3. The van der Waals surface area contributed by atoms with Gasteiger partial charge in [-0.05, 0) is 43.5 Å². The van der Waals surface area contributed by atoms with E-state index < -0.39 is 12.0 Å². The number of methoxy groups -OCH3 is 2. The number of thiazole rings is 1. The molecule has 0 bridgehead atoms. The van der Waals surface area contributed by atoms with E-state index >= 15 is 0 Å². The molecule has 0 fully saturated rings. The van der Waals surface area contributed by atoms with Gasteiger partial charge in [0.25, 0.3) is 5.56 Å². The second-order valence-corrected chi connectivity index (χ2v) is 8.91. The highest BCUT2D eigenvalue weighted by Crippen LogP contribution is 2.37. The van der Waals surface area contributed by atoms with Crippen LogP contribution in [0.2, 0.25) is 0 Å². The first-order valence-electron chi connectivity index (χ1n) is 9.93. The number of ether oxygens (including phenoxy) is 3. The van der Waals surface area contributed by atoms with Crippen molar-refractivity contribution in [2.75, 3.05) is 20.8 Å². The van der Waals surface area contributed by atoms with Crippen LogP contribution in [0.1, 0.15) is 30.3 Å². The lowest BCUT2D eigenvalue weighted by molar-refractivity contribution is -0.139. The Balaban J connectivity index is 2.01. The fraction of sp³-hybridized carbons (Fsp3) is 0.261. The second kappa shape index (κ2) is 9.13. The maximum atomic E-state index is 13.5. The van der Waals surface area contributed by atoms with E-state index in [2.05, 4.69) is 4.99 Å². The minimum absolute atomic E-state index is 0.213. The number of benzene rings is 1. The monoisotopic (exact) mass is 470 g/mol. The van der Waals surface area contributed by atoms with Gasteiger partial charge in [-0.3, -0.25) is 9.36 Å². The first-order valence-corrected chi connectivity index (χ1v) is 11.6. The number of esters is 1. The van der Waals surface area contributed by atoms with Gasteiger partial charge < -0.3 is 14.2 Å². The van der Waals surface area contributed by atoms with Crippen LogP contribution in [0.4, 0.5) is 0 Å². The Morgan fingerprint density at radius 3 is 2.72 bits per heavy atom. The van der Waals surface area contributed by atoms with Crippen molar-refractivity contribution in [3.8, 4) is 11.5 Å². The summed E-state index contributed by atoms with van der Waals surface area (Å²) in [5, 5.41) is 1.96. The van der Waals surface area contributed by atoms with Gasteiger partial charge in [-0.15, -0.1) is 11.3 Å². The summed E-state index contributed by atoms with van der Waals surface area (Å²) in [4.78, 5) is 32.6. The highest BCUT2D eigenvalue weighted by Gasteiger charge is 2.35. The minimum atomic E-state index is -0.739. The number of fused-ring (bicyclic) bond motifs is 1. The zero-order valence-corrected chi connectivity index (χ0v) is 19.7. The van der Waals surface area contributed by atoms with Crippen LogP contribution >= 0.6 is 22.7 Å². The number of rotatable bonds is 6. The number of aromatic nitrogens is 1. The van der Waals surface area contributed by atoms with E-state index in [9.17, 15) is 9.59 Å². The Labute approximate surface area is 192 Å². The number of hydrogen-bond acceptors (Lipinski definition) is 8. The molecule has 1 aliphatic heterocycles. The highest BCUT2D eigenvalue weighted by atomic mass is 32.1. The molecule has 1 unspecified atom stereocenters. The molecule has 2 aromatic heterocycles. The predicted octanol–water partition coefficient (Wildman–Crippen LogP) is 2.88. The molecule has 7 nitrogen and oxygen atoms in total. The van der Waals surface area contributed by atoms with Crippen LogP contribution in [-0.4, -0.2) is 31.4 Å². The maximum Gasteiger partial charge on any atom is 0.338 e. The summed E-state index contributed by atoms with van der Waals surface area (Å²) in [6.07, 6.45) is 1.85. The molecule has 0 saturated heterocycles. The number of allylic oxidation sites excluding steroid dienone is 1. The van der Waals surface area contributed by atoms with Crippen LogP contribution in [0.3, 0.4) is 0 Å². The first kappa shape index (κ1) is 22.0. The topological polar surface area (TPSA) is 79.1 Å². The van der Waals surface area contributed by atoms with Crippen LogP contribution in [0.15, 0.2) is 56.8 Å². The fourth-order valence-electron chi connectivity index (χ4n) is 3.63. The summed E-state index contributed by atoms with van der Waals surface area (Å²) >= 11 is 2.84. The van der Waals surface area contributed by atoms with Crippen molar-refractivity contribution in [1.82, 2.24) is 4.57 Å². The number of nitrogens with zero attached hydrogens (tertiary/aromatic N) is 2. The van der Waals surface area contributed by atoms with Gasteiger partial charge >= 0.3 is 5.97 Å². The van der Waals surface area contributed by atoms with Gasteiger partial charge in [0.15, 0.2) is 4.80 Å². The summed E-state index contributed by atoms with van der Waals surface area (Å²) in [5.74, 6) is 0.594. The number of hydrogen-bond donors (Lipinski definition) is 0. The average molecular weight is 471 g/mol. The minimum Gasteiger partial charge on any atom is -0.497 e. The largest absolute Gasteiger partial charge is 0.497 e. The van der Waals surface area contributed by atoms with Gasteiger partial charge in [0, 0.05) is 16.5 Å². The van der Waals surface area contributed by atoms with Crippen molar-refractivity contribution in [3.05, 3.63) is 77.1 Å². The van der Waals surface area contributed by atoms with Gasteiger partial charge in [0.05, 0.1) is 36.6 Å². The van der Waals surface area contributed by atoms with Gasteiger partial charge in [0.2, 0.25) is 0 Å². The molecular formula is C23H22N2O5S2. The quantitative estimate of drug-likeness (QED) is 0.518. The van der Waals surface area contributed by atoms with Crippen molar-refractivity contribution in [2.45, 2.75) is 19.9 Å². The van der Waals surface area contributed by atoms with Crippen molar-refractivity contribution < 1.29 is 19.0 Å². The zero-order valence-electron chi connectivity index (χ0n) is 18.1. The SMILES string of the molecule is CCOC(=O)C1=C(C)N=c2sc(=Cc3cccs3)c(=O)n2C1c1ccc(OC)cc1OC. The van der Waals surface area contributed by atoms with E-state index in [0.717, 1.165) is 4.88 Å². The molecule has 32 heavy (non-hydrogen) atoms. The van der Waals surface area contributed by atoms with Crippen LogP contribution in [0.25, 0.3) is 6.08 Å². The molecule has 0 spiro atoms. The Morgan fingerprint density at radius 2 is 2.06 bits per heavy atom. The lowest BCUT2D eigenvalue weighted by atomic mass is 9.95. The van der Waals surface area contributed by atoms with Crippen LogP contribution in [0.5, 0.6) is 11.5 Å². The summed E-state index contributed by atoms with van der Waals surface area (Å²) in [6, 6.07) is 8.45. The molecule has 0 aliphatic carbocycles. The lowest BCUT2D eigenvalue weighted by Crippen LogP contribution is -2.40. The van der Waals surface area contributed by atoms with Gasteiger partial charge in [0.1, 0.15) is 17.5 Å². The second-order valence-electron chi connectivity index (χ2n) is 6.93. The third-order valence-corrected chi connectivity index (χ3v) is 6.87. The van der Waals surface area contributed by atoms with Crippen molar-refractivity contribution in [3.63, 3.8) is 0 Å².